The number of carbonyl (C=O) groups is 3. The number of rotatable bonds is 3. The molecule has 1 saturated heterocycles. The Morgan fingerprint density at radius 2 is 1.74 bits per heavy atom. The molecule has 1 aromatic carbocycles. The lowest BCUT2D eigenvalue weighted by molar-refractivity contribution is -0.146. The van der Waals surface area contributed by atoms with Gasteiger partial charge in [0.05, 0.1) is 11.8 Å². The maximum atomic E-state index is 13.0. The van der Waals surface area contributed by atoms with Crippen LogP contribution in [0, 0.1) is 30.6 Å². The number of nitrogens with one attached hydrogen (secondary N) is 1. The zero-order valence-electron chi connectivity index (χ0n) is 14.8. The molecular formula is C19H19Br2ClN2O3. The van der Waals surface area contributed by atoms with Gasteiger partial charge in [-0.3, -0.25) is 19.3 Å². The minimum atomic E-state index is -0.863. The first-order chi connectivity index (χ1) is 12.7. The fourth-order valence-corrected chi connectivity index (χ4v) is 6.84. The van der Waals surface area contributed by atoms with E-state index in [-0.39, 0.29) is 45.1 Å². The number of likely N-dealkylation sites (tertiary alicyclic amines) is 1. The number of nitrogens with zero attached hydrogens (tertiary/aromatic N) is 1. The maximum Gasteiger partial charge on any atom is 0.247 e. The SMILES string of the molecule is Cc1ccc(NC(=O)[C@H](C)N2C(=O)[C@@H]3[C@H]4C[C@@H]([C@H](Br)[C@H]4Br)[C@@H]3C2=O)cc1Cl. The molecular weight excluding hydrogens is 499 g/mol. The Kier molecular flexibility index (Phi) is 4.92. The van der Waals surface area contributed by atoms with Gasteiger partial charge in [0.25, 0.3) is 0 Å². The number of fused-ring (bicyclic) bond motifs is 5. The van der Waals surface area contributed by atoms with Crippen LogP contribution in [-0.4, -0.2) is 38.3 Å². The van der Waals surface area contributed by atoms with Crippen molar-refractivity contribution in [3.63, 3.8) is 0 Å². The predicted octanol–water partition coefficient (Wildman–Crippen LogP) is 3.75. The van der Waals surface area contributed by atoms with Crippen LogP contribution in [0.2, 0.25) is 5.02 Å². The number of hydrogen-bond acceptors (Lipinski definition) is 3. The Hall–Kier alpha value is -0.920. The molecule has 0 spiro atoms. The van der Waals surface area contributed by atoms with Gasteiger partial charge in [0.2, 0.25) is 17.7 Å². The number of carbonyl (C=O) groups excluding carboxylic acids is 3. The molecule has 3 amide bonds. The van der Waals surface area contributed by atoms with Gasteiger partial charge in [0, 0.05) is 20.4 Å². The monoisotopic (exact) mass is 516 g/mol. The van der Waals surface area contributed by atoms with E-state index in [1.54, 1.807) is 19.1 Å². The first kappa shape index (κ1) is 19.4. The third-order valence-electron chi connectivity index (χ3n) is 6.23. The third-order valence-corrected chi connectivity index (χ3v) is 9.84. The molecule has 144 valence electrons. The molecule has 1 aliphatic heterocycles. The van der Waals surface area contributed by atoms with Crippen molar-refractivity contribution in [1.82, 2.24) is 4.90 Å². The van der Waals surface area contributed by atoms with Gasteiger partial charge in [-0.2, -0.15) is 0 Å². The van der Waals surface area contributed by atoms with Gasteiger partial charge in [-0.1, -0.05) is 49.5 Å². The van der Waals surface area contributed by atoms with Crippen molar-refractivity contribution in [3.05, 3.63) is 28.8 Å². The molecule has 2 aliphatic carbocycles. The Morgan fingerprint density at radius 1 is 1.19 bits per heavy atom. The van der Waals surface area contributed by atoms with E-state index in [1.165, 1.54) is 4.90 Å². The van der Waals surface area contributed by atoms with Gasteiger partial charge in [-0.05, 0) is 49.8 Å². The quantitative estimate of drug-likeness (QED) is 0.490. The summed E-state index contributed by atoms with van der Waals surface area (Å²) < 4.78 is 0. The summed E-state index contributed by atoms with van der Waals surface area (Å²) in [5, 5.41) is 3.31. The van der Waals surface area contributed by atoms with E-state index in [4.69, 9.17) is 11.6 Å². The van der Waals surface area contributed by atoms with Crippen LogP contribution >= 0.6 is 43.5 Å². The zero-order valence-corrected chi connectivity index (χ0v) is 18.7. The number of alkyl halides is 2. The number of anilines is 1. The molecule has 2 bridgehead atoms. The standard InChI is InChI=1S/C19H19Br2ClN2O3/c1-7-3-4-9(5-12(7)22)23-17(25)8(2)24-18(26)13-10-6-11(14(13)19(24)27)16(21)15(10)20/h3-5,8,10-11,13-16H,6H2,1-2H3,(H,23,25)/t8-,10+,11+,13-,14+,15-,16-/m0/s1. The third kappa shape index (κ3) is 2.88. The largest absolute Gasteiger partial charge is 0.324 e. The molecule has 4 rings (SSSR count). The van der Waals surface area contributed by atoms with Crippen molar-refractivity contribution in [2.24, 2.45) is 23.7 Å². The lowest BCUT2D eigenvalue weighted by Gasteiger charge is -2.28. The predicted molar refractivity (Wildman–Crippen MR) is 110 cm³/mol. The van der Waals surface area contributed by atoms with Gasteiger partial charge in [0.1, 0.15) is 6.04 Å². The number of aryl methyl sites for hydroxylation is 1. The summed E-state index contributed by atoms with van der Waals surface area (Å²) in [6.07, 6.45) is 0.870. The number of benzene rings is 1. The van der Waals surface area contributed by atoms with Crippen molar-refractivity contribution in [1.29, 1.82) is 0 Å². The highest BCUT2D eigenvalue weighted by Crippen LogP contribution is 2.60. The van der Waals surface area contributed by atoms with Crippen LogP contribution in [0.4, 0.5) is 5.69 Å². The van der Waals surface area contributed by atoms with Crippen LogP contribution in [0.3, 0.4) is 0 Å². The first-order valence-electron chi connectivity index (χ1n) is 8.94. The van der Waals surface area contributed by atoms with E-state index in [1.807, 2.05) is 13.0 Å². The van der Waals surface area contributed by atoms with E-state index in [2.05, 4.69) is 37.2 Å². The van der Waals surface area contributed by atoms with Gasteiger partial charge < -0.3 is 5.32 Å². The summed E-state index contributed by atoms with van der Waals surface area (Å²) in [7, 11) is 0. The molecule has 1 aromatic rings. The zero-order chi connectivity index (χ0) is 19.6. The normalized spacial score (nSPS) is 35.5. The van der Waals surface area contributed by atoms with Crippen LogP contribution in [0.25, 0.3) is 0 Å². The highest BCUT2D eigenvalue weighted by Gasteiger charge is 2.67. The maximum absolute atomic E-state index is 13.0. The summed E-state index contributed by atoms with van der Waals surface area (Å²) in [5.74, 6) is -1.19. The van der Waals surface area contributed by atoms with Crippen LogP contribution in [0.5, 0.6) is 0 Å². The van der Waals surface area contributed by atoms with Crippen LogP contribution in [0.1, 0.15) is 18.9 Å². The second-order valence-electron chi connectivity index (χ2n) is 7.68. The number of imide groups is 1. The number of amides is 3. The highest BCUT2D eigenvalue weighted by atomic mass is 79.9. The summed E-state index contributed by atoms with van der Waals surface area (Å²) in [5.41, 5.74) is 1.45. The van der Waals surface area contributed by atoms with E-state index < -0.39 is 11.9 Å². The topological polar surface area (TPSA) is 66.5 Å². The number of halogens is 3. The second kappa shape index (κ2) is 6.85. The Labute approximate surface area is 179 Å². The first-order valence-corrected chi connectivity index (χ1v) is 11.2. The Balaban J connectivity index is 1.53. The van der Waals surface area contributed by atoms with E-state index in [0.717, 1.165) is 12.0 Å². The Bertz CT molecular complexity index is 816. The minimum Gasteiger partial charge on any atom is -0.324 e. The van der Waals surface area contributed by atoms with Gasteiger partial charge >= 0.3 is 0 Å². The molecule has 0 unspecified atom stereocenters. The van der Waals surface area contributed by atoms with Crippen molar-refractivity contribution in [2.45, 2.75) is 36.0 Å². The minimum absolute atomic E-state index is 0.136. The summed E-state index contributed by atoms with van der Waals surface area (Å²) in [6, 6.07) is 4.36. The molecule has 8 heteroatoms. The molecule has 7 atom stereocenters. The molecule has 2 saturated carbocycles. The summed E-state index contributed by atoms with van der Waals surface area (Å²) in [4.78, 5) is 40.2. The lowest BCUT2D eigenvalue weighted by atomic mass is 9.81. The number of hydrogen-bond donors (Lipinski definition) is 1. The van der Waals surface area contributed by atoms with Crippen LogP contribution < -0.4 is 5.32 Å². The molecule has 0 radical (unpaired) electrons. The second-order valence-corrected chi connectivity index (χ2v) is 10.2. The van der Waals surface area contributed by atoms with E-state index >= 15 is 0 Å². The van der Waals surface area contributed by atoms with Crippen LogP contribution in [0.15, 0.2) is 18.2 Å². The fourth-order valence-electron chi connectivity index (χ4n) is 4.79. The fraction of sp³-hybridized carbons (Fsp3) is 0.526. The van der Waals surface area contributed by atoms with Crippen molar-refractivity contribution < 1.29 is 14.4 Å². The van der Waals surface area contributed by atoms with Crippen molar-refractivity contribution >= 4 is 66.9 Å². The van der Waals surface area contributed by atoms with Gasteiger partial charge in [0.15, 0.2) is 0 Å². The van der Waals surface area contributed by atoms with Crippen molar-refractivity contribution in [3.8, 4) is 0 Å². The molecule has 5 nitrogen and oxygen atoms in total. The Morgan fingerprint density at radius 3 is 2.26 bits per heavy atom. The van der Waals surface area contributed by atoms with Gasteiger partial charge in [-0.15, -0.1) is 0 Å². The average molecular weight is 519 g/mol. The summed E-state index contributed by atoms with van der Waals surface area (Å²) in [6.45, 7) is 3.47. The van der Waals surface area contributed by atoms with E-state index in [0.29, 0.717) is 10.7 Å². The summed E-state index contributed by atoms with van der Waals surface area (Å²) >= 11 is 13.4. The molecule has 3 fully saturated rings. The molecule has 27 heavy (non-hydrogen) atoms. The van der Waals surface area contributed by atoms with Gasteiger partial charge in [-0.25, -0.2) is 0 Å². The molecule has 3 aliphatic rings. The average Bonchev–Trinajstić information content (AvgIpc) is 3.22. The molecule has 1 heterocycles. The molecule has 1 N–H and O–H groups in total. The van der Waals surface area contributed by atoms with E-state index in [9.17, 15) is 14.4 Å². The molecule has 0 aromatic heterocycles. The van der Waals surface area contributed by atoms with Crippen LogP contribution in [-0.2, 0) is 14.4 Å². The highest BCUT2D eigenvalue weighted by molar-refractivity contribution is 9.12. The van der Waals surface area contributed by atoms with Crippen molar-refractivity contribution in [2.75, 3.05) is 5.32 Å². The smallest absolute Gasteiger partial charge is 0.247 e. The lowest BCUT2D eigenvalue weighted by Crippen LogP contribution is -2.46.